The predicted octanol–water partition coefficient (Wildman–Crippen LogP) is 11.8. The van der Waals surface area contributed by atoms with Crippen molar-refractivity contribution in [1.29, 1.82) is 0 Å². The van der Waals surface area contributed by atoms with Gasteiger partial charge in [-0.2, -0.15) is 0 Å². The molecule has 0 heterocycles. The second-order valence-corrected chi connectivity index (χ2v) is 24.9. The molecule has 0 saturated carbocycles. The molecular formula is C81H90N6O9. The molecule has 15 heteroatoms. The largest absolute Gasteiger partial charge is 0.489 e. The lowest BCUT2D eigenvalue weighted by molar-refractivity contribution is -0.119. The lowest BCUT2D eigenvalue weighted by Gasteiger charge is -2.18. The third-order valence-corrected chi connectivity index (χ3v) is 18.2. The molecule has 9 aromatic rings. The van der Waals surface area contributed by atoms with Gasteiger partial charge >= 0.3 is 0 Å². The molecule has 0 bridgehead atoms. The van der Waals surface area contributed by atoms with E-state index < -0.39 is 18.3 Å². The van der Waals surface area contributed by atoms with Gasteiger partial charge in [0.2, 0.25) is 17.7 Å². The van der Waals surface area contributed by atoms with Gasteiger partial charge in [-0.1, -0.05) is 164 Å². The summed E-state index contributed by atoms with van der Waals surface area (Å²) in [5.41, 5.74) is 21.0. The first kappa shape index (κ1) is 69.4. The first-order chi connectivity index (χ1) is 46.6. The van der Waals surface area contributed by atoms with Crippen LogP contribution in [0.4, 0.5) is 0 Å². The van der Waals surface area contributed by atoms with E-state index in [0.29, 0.717) is 78.4 Å². The molecule has 9 aromatic carbocycles. The van der Waals surface area contributed by atoms with Crippen molar-refractivity contribution in [2.24, 2.45) is 0 Å². The van der Waals surface area contributed by atoms with Crippen molar-refractivity contribution in [3.8, 4) is 50.6 Å². The highest BCUT2D eigenvalue weighted by molar-refractivity contribution is 5.74. The van der Waals surface area contributed by atoms with E-state index in [4.69, 9.17) is 14.2 Å². The van der Waals surface area contributed by atoms with Gasteiger partial charge < -0.3 is 61.4 Å². The third kappa shape index (κ3) is 18.3. The maximum Gasteiger partial charge on any atom is 0.216 e. The van der Waals surface area contributed by atoms with Gasteiger partial charge in [0.1, 0.15) is 37.1 Å². The summed E-state index contributed by atoms with van der Waals surface area (Å²) < 4.78 is 18.4. The lowest BCUT2D eigenvalue weighted by Crippen LogP contribution is -2.35. The fourth-order valence-corrected chi connectivity index (χ4v) is 13.0. The molecule has 3 aliphatic carbocycles. The lowest BCUT2D eigenvalue weighted by atomic mass is 9.97. The maximum absolute atomic E-state index is 11.0. The summed E-state index contributed by atoms with van der Waals surface area (Å²) >= 11 is 0. The number of nitrogens with one attached hydrogen (secondary N) is 6. The Balaban J connectivity index is 0.000000157. The number of fused-ring (bicyclic) bond motifs is 3. The van der Waals surface area contributed by atoms with Crippen molar-refractivity contribution < 1.29 is 43.9 Å². The average Bonchev–Trinajstić information content (AvgIpc) is 1.63. The van der Waals surface area contributed by atoms with E-state index in [1.54, 1.807) is 0 Å². The molecule has 0 saturated heterocycles. The van der Waals surface area contributed by atoms with Gasteiger partial charge in [0.05, 0.1) is 36.4 Å². The van der Waals surface area contributed by atoms with Crippen LogP contribution in [0.5, 0.6) is 17.2 Å². The Morgan fingerprint density at radius 3 is 0.885 bits per heavy atom. The van der Waals surface area contributed by atoms with E-state index in [-0.39, 0.29) is 35.8 Å². The standard InChI is InChI=1S/3C27H30N2O3/c3*1-18-21(9-6-10-24(18)20-7-4-3-5-8-20)17-32-23-11-12-25-22(15-23)16-26(31)27(25)29-14-13-28-19(2)30/h3*3-12,15,26-27,29,31H,13-14,16-17H2,1-2H3,(H,28,30)/t3*26-,27-/m100/s1. The van der Waals surface area contributed by atoms with Gasteiger partial charge in [0, 0.05) is 79.3 Å². The molecule has 96 heavy (non-hydrogen) atoms. The molecule has 0 radical (unpaired) electrons. The van der Waals surface area contributed by atoms with Crippen molar-refractivity contribution in [2.45, 2.75) is 117 Å². The SMILES string of the molecule is CC(=O)NCCN[C@@H]1c2ccc(OCc3cccc(-c4ccccc4)c3C)cc2C[C@H]1O.CC(=O)NCCN[C@H]1c2ccc(OCc3cccc(-c4ccccc4)c3C)cc2C[C@@H]1O.CC(=O)NCCN[C@H]1c2ccc(OCc3cccc(-c4ccccc4)c3C)cc2C[C@@H]1O. The Bertz CT molecular complexity index is 3660. The predicted molar refractivity (Wildman–Crippen MR) is 380 cm³/mol. The molecule has 12 rings (SSSR count). The monoisotopic (exact) mass is 1290 g/mol. The van der Waals surface area contributed by atoms with Crippen molar-refractivity contribution >= 4 is 17.7 Å². The zero-order valence-electron chi connectivity index (χ0n) is 55.8. The molecule has 0 aromatic heterocycles. The number of rotatable bonds is 24. The maximum atomic E-state index is 11.0. The highest BCUT2D eigenvalue weighted by Gasteiger charge is 2.33. The van der Waals surface area contributed by atoms with Crippen LogP contribution in [0.2, 0.25) is 0 Å². The van der Waals surface area contributed by atoms with Gasteiger partial charge in [0.25, 0.3) is 0 Å². The number of aliphatic hydroxyl groups is 3. The summed E-state index contributed by atoms with van der Waals surface area (Å²) in [5.74, 6) is 2.26. The fourth-order valence-electron chi connectivity index (χ4n) is 13.0. The Hall–Kier alpha value is -9.45. The normalized spacial score (nSPS) is 17.1. The molecular weight excluding hydrogens is 1200 g/mol. The second-order valence-electron chi connectivity index (χ2n) is 24.9. The van der Waals surface area contributed by atoms with Crippen LogP contribution in [0.15, 0.2) is 200 Å². The van der Waals surface area contributed by atoms with E-state index >= 15 is 0 Å². The second kappa shape index (κ2) is 33.8. The van der Waals surface area contributed by atoms with Crippen molar-refractivity contribution in [2.75, 3.05) is 39.3 Å². The van der Waals surface area contributed by atoms with Crippen LogP contribution in [0.25, 0.3) is 33.4 Å². The van der Waals surface area contributed by atoms with Crippen LogP contribution < -0.4 is 46.1 Å². The molecule has 0 fully saturated rings. The van der Waals surface area contributed by atoms with E-state index in [9.17, 15) is 29.7 Å². The zero-order valence-corrected chi connectivity index (χ0v) is 55.8. The number of carbonyl (C=O) groups is 3. The van der Waals surface area contributed by atoms with Gasteiger partial charge in [-0.25, -0.2) is 0 Å². The molecule has 0 spiro atoms. The summed E-state index contributed by atoms with van der Waals surface area (Å²) in [5, 5.41) is 49.8. The quantitative estimate of drug-likeness (QED) is 0.0259. The van der Waals surface area contributed by atoms with E-state index in [1.165, 1.54) is 70.8 Å². The van der Waals surface area contributed by atoms with E-state index in [2.05, 4.69) is 180 Å². The Kier molecular flexibility index (Phi) is 24.4. The number of hydrogen-bond donors (Lipinski definition) is 9. The minimum Gasteiger partial charge on any atom is -0.489 e. The van der Waals surface area contributed by atoms with Crippen LogP contribution in [0.1, 0.15) is 106 Å². The van der Waals surface area contributed by atoms with Crippen molar-refractivity contribution in [1.82, 2.24) is 31.9 Å². The molecule has 9 N–H and O–H groups in total. The van der Waals surface area contributed by atoms with Crippen molar-refractivity contribution in [3.63, 3.8) is 0 Å². The molecule has 498 valence electrons. The summed E-state index contributed by atoms with van der Waals surface area (Å²) in [7, 11) is 0. The fraction of sp³-hybridized carbons (Fsp3) is 0.296. The van der Waals surface area contributed by atoms with Crippen LogP contribution in [-0.4, -0.2) is 90.6 Å². The van der Waals surface area contributed by atoms with Gasteiger partial charge in [0.15, 0.2) is 0 Å². The Labute approximate surface area is 564 Å². The minimum atomic E-state index is -0.484. The molecule has 0 aliphatic heterocycles. The average molecular weight is 1290 g/mol. The van der Waals surface area contributed by atoms with E-state index in [0.717, 1.165) is 67.3 Å². The smallest absolute Gasteiger partial charge is 0.216 e. The first-order valence-corrected chi connectivity index (χ1v) is 33.2. The topological polar surface area (TPSA) is 212 Å². The first-order valence-electron chi connectivity index (χ1n) is 33.2. The summed E-state index contributed by atoms with van der Waals surface area (Å²) in [6.07, 6.45) is 0.319. The Morgan fingerprint density at radius 1 is 0.354 bits per heavy atom. The van der Waals surface area contributed by atoms with Gasteiger partial charge in [-0.3, -0.25) is 14.4 Å². The third-order valence-electron chi connectivity index (χ3n) is 18.2. The van der Waals surface area contributed by atoms with Crippen LogP contribution in [0.3, 0.4) is 0 Å². The number of carbonyl (C=O) groups excluding carboxylic acids is 3. The Morgan fingerprint density at radius 2 is 0.625 bits per heavy atom. The highest BCUT2D eigenvalue weighted by Crippen LogP contribution is 2.38. The van der Waals surface area contributed by atoms with Crippen molar-refractivity contribution in [3.05, 3.63) is 267 Å². The number of amides is 3. The summed E-state index contributed by atoms with van der Waals surface area (Å²) in [6.45, 7) is 15.8. The number of hydrogen-bond acceptors (Lipinski definition) is 12. The zero-order chi connectivity index (χ0) is 67.5. The molecule has 3 amide bonds. The number of aliphatic hydroxyl groups excluding tert-OH is 3. The highest BCUT2D eigenvalue weighted by atomic mass is 16.5. The number of ether oxygens (including phenoxy) is 3. The molecule has 3 aliphatic rings. The summed E-state index contributed by atoms with van der Waals surface area (Å²) in [4.78, 5) is 33.0. The van der Waals surface area contributed by atoms with E-state index in [1.807, 2.05) is 72.8 Å². The minimum absolute atomic E-state index is 0.0505. The van der Waals surface area contributed by atoms with Gasteiger partial charge in [-0.15, -0.1) is 0 Å². The van der Waals surface area contributed by atoms with Crippen LogP contribution >= 0.6 is 0 Å². The number of benzene rings is 9. The molecule has 0 unspecified atom stereocenters. The van der Waals surface area contributed by atoms with Crippen LogP contribution in [-0.2, 0) is 53.5 Å². The van der Waals surface area contributed by atoms with Crippen LogP contribution in [0, 0.1) is 20.8 Å². The molecule has 6 atom stereocenters. The van der Waals surface area contributed by atoms with Gasteiger partial charge in [-0.05, 0) is 157 Å². The molecule has 15 nitrogen and oxygen atoms in total. The summed E-state index contributed by atoms with van der Waals surface area (Å²) in [6, 6.07) is 67.8.